The van der Waals surface area contributed by atoms with Gasteiger partial charge in [0.25, 0.3) is 6.47 Å². The average molecular weight is 201 g/mol. The first-order valence-corrected chi connectivity index (χ1v) is 5.59. The number of ether oxygens (including phenoxy) is 1. The molecule has 0 heterocycles. The molecule has 0 aromatic rings. The molecule has 0 bridgehead atoms. The molecule has 2 atom stereocenters. The van der Waals surface area contributed by atoms with Crippen molar-refractivity contribution in [3.8, 4) is 0 Å². The van der Waals surface area contributed by atoms with E-state index in [1.54, 1.807) is 0 Å². The van der Waals surface area contributed by atoms with E-state index in [0.29, 0.717) is 12.5 Å². The van der Waals surface area contributed by atoms with E-state index in [2.05, 4.69) is 19.2 Å². The Labute approximate surface area is 87.2 Å². The van der Waals surface area contributed by atoms with Gasteiger partial charge in [-0.05, 0) is 19.8 Å². The SMILES string of the molecule is CCCCCC(CC)NC(C)OC=O. The number of hydrogen-bond acceptors (Lipinski definition) is 3. The van der Waals surface area contributed by atoms with Crippen molar-refractivity contribution in [3.05, 3.63) is 0 Å². The largest absolute Gasteiger partial charge is 0.449 e. The summed E-state index contributed by atoms with van der Waals surface area (Å²) in [5, 5.41) is 3.27. The van der Waals surface area contributed by atoms with Gasteiger partial charge in [0.15, 0.2) is 0 Å². The van der Waals surface area contributed by atoms with Crippen LogP contribution in [0.15, 0.2) is 0 Å². The maximum absolute atomic E-state index is 10.1. The third-order valence-corrected chi connectivity index (χ3v) is 2.38. The fourth-order valence-corrected chi connectivity index (χ4v) is 1.50. The standard InChI is InChI=1S/C11H23NO2/c1-4-6-7-8-11(5-2)12-10(3)14-9-13/h9-12H,4-8H2,1-3H3. The Morgan fingerprint density at radius 2 is 2.07 bits per heavy atom. The predicted molar refractivity (Wildman–Crippen MR) is 58.0 cm³/mol. The molecule has 0 aliphatic heterocycles. The lowest BCUT2D eigenvalue weighted by atomic mass is 10.1. The lowest BCUT2D eigenvalue weighted by molar-refractivity contribution is -0.134. The summed E-state index contributed by atoms with van der Waals surface area (Å²) in [4.78, 5) is 10.1. The summed E-state index contributed by atoms with van der Waals surface area (Å²) in [6.45, 7) is 6.71. The molecule has 3 heteroatoms. The summed E-state index contributed by atoms with van der Waals surface area (Å²) < 4.78 is 4.79. The summed E-state index contributed by atoms with van der Waals surface area (Å²) in [5.41, 5.74) is 0. The monoisotopic (exact) mass is 201 g/mol. The van der Waals surface area contributed by atoms with Crippen LogP contribution in [0, 0.1) is 0 Å². The van der Waals surface area contributed by atoms with Crippen LogP contribution in [0.4, 0.5) is 0 Å². The second kappa shape index (κ2) is 9.00. The molecule has 84 valence electrons. The normalized spacial score (nSPS) is 14.8. The van der Waals surface area contributed by atoms with Crippen molar-refractivity contribution >= 4 is 6.47 Å². The van der Waals surface area contributed by atoms with Crippen LogP contribution < -0.4 is 5.32 Å². The summed E-state index contributed by atoms with van der Waals surface area (Å²) in [5.74, 6) is 0. The Morgan fingerprint density at radius 3 is 2.57 bits per heavy atom. The summed E-state index contributed by atoms with van der Waals surface area (Å²) >= 11 is 0. The van der Waals surface area contributed by atoms with E-state index in [0.717, 1.165) is 12.8 Å². The highest BCUT2D eigenvalue weighted by atomic mass is 16.5. The molecule has 0 aromatic heterocycles. The minimum Gasteiger partial charge on any atom is -0.449 e. The van der Waals surface area contributed by atoms with Crippen LogP contribution in [0.2, 0.25) is 0 Å². The lowest BCUT2D eigenvalue weighted by Crippen LogP contribution is -2.37. The molecule has 0 radical (unpaired) electrons. The van der Waals surface area contributed by atoms with Crippen LogP contribution in [0.3, 0.4) is 0 Å². The third-order valence-electron chi connectivity index (χ3n) is 2.38. The number of carbonyl (C=O) groups is 1. The van der Waals surface area contributed by atoms with Crippen molar-refractivity contribution in [3.63, 3.8) is 0 Å². The first-order valence-electron chi connectivity index (χ1n) is 5.59. The van der Waals surface area contributed by atoms with E-state index in [1.165, 1.54) is 19.3 Å². The van der Waals surface area contributed by atoms with E-state index < -0.39 is 0 Å². The molecule has 0 spiro atoms. The van der Waals surface area contributed by atoms with E-state index in [9.17, 15) is 4.79 Å². The third kappa shape index (κ3) is 6.89. The van der Waals surface area contributed by atoms with Crippen molar-refractivity contribution in [2.75, 3.05) is 0 Å². The van der Waals surface area contributed by atoms with Gasteiger partial charge in [0, 0.05) is 6.04 Å². The maximum atomic E-state index is 10.1. The van der Waals surface area contributed by atoms with E-state index in [4.69, 9.17) is 4.74 Å². The Bertz CT molecular complexity index is 139. The fraction of sp³-hybridized carbons (Fsp3) is 0.909. The highest BCUT2D eigenvalue weighted by Gasteiger charge is 2.09. The maximum Gasteiger partial charge on any atom is 0.294 e. The van der Waals surface area contributed by atoms with Crippen molar-refractivity contribution in [1.82, 2.24) is 5.32 Å². The minimum atomic E-state index is -0.168. The van der Waals surface area contributed by atoms with Crippen molar-refractivity contribution in [1.29, 1.82) is 0 Å². The molecule has 0 aliphatic carbocycles. The summed E-state index contributed by atoms with van der Waals surface area (Å²) in [6, 6.07) is 0.469. The van der Waals surface area contributed by atoms with Gasteiger partial charge in [0.2, 0.25) is 0 Å². The Kier molecular flexibility index (Phi) is 8.64. The highest BCUT2D eigenvalue weighted by molar-refractivity contribution is 5.37. The first-order chi connectivity index (χ1) is 6.74. The van der Waals surface area contributed by atoms with Gasteiger partial charge >= 0.3 is 0 Å². The number of unbranched alkanes of at least 4 members (excludes halogenated alkanes) is 2. The zero-order chi connectivity index (χ0) is 10.8. The van der Waals surface area contributed by atoms with E-state index in [1.807, 2.05) is 6.92 Å². The lowest BCUT2D eigenvalue weighted by Gasteiger charge is -2.20. The van der Waals surface area contributed by atoms with Gasteiger partial charge < -0.3 is 4.74 Å². The van der Waals surface area contributed by atoms with Gasteiger partial charge in [0.05, 0.1) is 0 Å². The van der Waals surface area contributed by atoms with Crippen molar-refractivity contribution in [2.24, 2.45) is 0 Å². The molecular formula is C11H23NO2. The van der Waals surface area contributed by atoms with Gasteiger partial charge in [-0.2, -0.15) is 0 Å². The molecule has 1 N–H and O–H groups in total. The quantitative estimate of drug-likeness (QED) is 0.354. The number of nitrogens with one attached hydrogen (secondary N) is 1. The Hall–Kier alpha value is -0.570. The number of hydrogen-bond donors (Lipinski definition) is 1. The van der Waals surface area contributed by atoms with Gasteiger partial charge in [-0.3, -0.25) is 10.1 Å². The second-order valence-electron chi connectivity index (χ2n) is 3.64. The molecule has 0 fully saturated rings. The molecular weight excluding hydrogens is 178 g/mol. The summed E-state index contributed by atoms with van der Waals surface area (Å²) in [7, 11) is 0. The fourth-order valence-electron chi connectivity index (χ4n) is 1.50. The van der Waals surface area contributed by atoms with Crippen LogP contribution in [0.25, 0.3) is 0 Å². The topological polar surface area (TPSA) is 38.3 Å². The molecule has 2 unspecified atom stereocenters. The first kappa shape index (κ1) is 13.4. The van der Waals surface area contributed by atoms with E-state index >= 15 is 0 Å². The molecule has 0 saturated carbocycles. The zero-order valence-corrected chi connectivity index (χ0v) is 9.58. The van der Waals surface area contributed by atoms with Gasteiger partial charge in [-0.1, -0.05) is 33.1 Å². The molecule has 0 rings (SSSR count). The van der Waals surface area contributed by atoms with Crippen molar-refractivity contribution < 1.29 is 9.53 Å². The van der Waals surface area contributed by atoms with E-state index in [-0.39, 0.29) is 6.23 Å². The molecule has 0 amide bonds. The summed E-state index contributed by atoms with van der Waals surface area (Å²) in [6.07, 6.45) is 5.85. The van der Waals surface area contributed by atoms with Gasteiger partial charge in [-0.25, -0.2) is 0 Å². The van der Waals surface area contributed by atoms with Crippen LogP contribution in [0.5, 0.6) is 0 Å². The average Bonchev–Trinajstić information content (AvgIpc) is 2.17. The number of carbonyl (C=O) groups excluding carboxylic acids is 1. The van der Waals surface area contributed by atoms with Crippen LogP contribution in [-0.4, -0.2) is 18.7 Å². The molecule has 14 heavy (non-hydrogen) atoms. The van der Waals surface area contributed by atoms with Gasteiger partial charge in [-0.15, -0.1) is 0 Å². The second-order valence-corrected chi connectivity index (χ2v) is 3.64. The van der Waals surface area contributed by atoms with Crippen LogP contribution in [0.1, 0.15) is 52.9 Å². The predicted octanol–water partition coefficient (Wildman–Crippen LogP) is 2.45. The molecule has 0 saturated heterocycles. The Balaban J connectivity index is 3.60. The zero-order valence-electron chi connectivity index (χ0n) is 9.58. The minimum absolute atomic E-state index is 0.168. The van der Waals surface area contributed by atoms with Crippen LogP contribution >= 0.6 is 0 Å². The smallest absolute Gasteiger partial charge is 0.294 e. The van der Waals surface area contributed by atoms with Gasteiger partial charge in [0.1, 0.15) is 6.23 Å². The molecule has 0 aliphatic rings. The van der Waals surface area contributed by atoms with Crippen LogP contribution in [-0.2, 0) is 9.53 Å². The molecule has 3 nitrogen and oxygen atoms in total. The molecule has 0 aromatic carbocycles. The Morgan fingerprint density at radius 1 is 1.36 bits per heavy atom. The number of rotatable bonds is 9. The van der Waals surface area contributed by atoms with Crippen molar-refractivity contribution in [2.45, 2.75) is 65.1 Å². The highest BCUT2D eigenvalue weighted by Crippen LogP contribution is 2.07.